The van der Waals surface area contributed by atoms with Crippen molar-refractivity contribution in [2.45, 2.75) is 19.4 Å². The van der Waals surface area contributed by atoms with Crippen LogP contribution in [0.3, 0.4) is 0 Å². The maximum Gasteiger partial charge on any atom is 0.522 e. The predicted octanol–water partition coefficient (Wildman–Crippen LogP) is 1.00. The highest BCUT2D eigenvalue weighted by atomic mass is 19.4. The second-order valence-corrected chi connectivity index (χ2v) is 2.79. The van der Waals surface area contributed by atoms with Crippen LogP contribution in [0.25, 0.3) is 0 Å². The van der Waals surface area contributed by atoms with Crippen LogP contribution in [-0.2, 0) is 14.3 Å². The Morgan fingerprint density at radius 3 is 2.40 bits per heavy atom. The Labute approximate surface area is 84.3 Å². The highest BCUT2D eigenvalue weighted by molar-refractivity contribution is 5.86. The van der Waals surface area contributed by atoms with Crippen LogP contribution >= 0.6 is 0 Å². The zero-order valence-electron chi connectivity index (χ0n) is 8.00. The van der Waals surface area contributed by atoms with Crippen LogP contribution in [0.2, 0.25) is 0 Å². The maximum absolute atomic E-state index is 11.5. The molecule has 0 spiro atoms. The molecule has 15 heavy (non-hydrogen) atoms. The van der Waals surface area contributed by atoms with Gasteiger partial charge in [-0.25, -0.2) is 4.79 Å². The van der Waals surface area contributed by atoms with Gasteiger partial charge in [-0.3, -0.25) is 4.74 Å². The average molecular weight is 228 g/mol. The topological polar surface area (TPSA) is 55.8 Å². The minimum absolute atomic E-state index is 0.0962. The van der Waals surface area contributed by atoms with Crippen LogP contribution in [0, 0.1) is 0 Å². The molecule has 0 rings (SSSR count). The Morgan fingerprint density at radius 1 is 1.47 bits per heavy atom. The second kappa shape index (κ2) is 5.72. The lowest BCUT2D eigenvalue weighted by atomic mass is 10.3. The van der Waals surface area contributed by atoms with Gasteiger partial charge in [0.2, 0.25) is 0 Å². The van der Waals surface area contributed by atoms with Crippen LogP contribution in [0.5, 0.6) is 0 Å². The molecule has 4 nitrogen and oxygen atoms in total. The first-order valence-electron chi connectivity index (χ1n) is 3.93. The number of aliphatic hydroxyl groups excluding tert-OH is 1. The van der Waals surface area contributed by atoms with E-state index in [-0.39, 0.29) is 5.57 Å². The van der Waals surface area contributed by atoms with Crippen molar-refractivity contribution in [2.75, 3.05) is 13.2 Å². The van der Waals surface area contributed by atoms with Crippen LogP contribution in [0.1, 0.15) is 6.92 Å². The third-order valence-corrected chi connectivity index (χ3v) is 1.19. The van der Waals surface area contributed by atoms with E-state index in [2.05, 4.69) is 16.1 Å². The third kappa shape index (κ3) is 7.95. The van der Waals surface area contributed by atoms with Crippen molar-refractivity contribution < 1.29 is 32.5 Å². The molecule has 0 aliphatic rings. The van der Waals surface area contributed by atoms with Crippen molar-refractivity contribution in [1.29, 1.82) is 0 Å². The van der Waals surface area contributed by atoms with E-state index in [1.54, 1.807) is 0 Å². The molecule has 0 saturated heterocycles. The van der Waals surface area contributed by atoms with Gasteiger partial charge < -0.3 is 9.84 Å². The first-order valence-corrected chi connectivity index (χ1v) is 3.93. The van der Waals surface area contributed by atoms with Gasteiger partial charge in [0.05, 0.1) is 6.61 Å². The molecule has 0 aromatic carbocycles. The number of rotatable bonds is 5. The SMILES string of the molecule is C=C(C)C(=O)OCC(O)COC(F)(F)F. The van der Waals surface area contributed by atoms with Gasteiger partial charge in [0.1, 0.15) is 12.7 Å². The van der Waals surface area contributed by atoms with E-state index in [0.717, 1.165) is 0 Å². The molecule has 0 bridgehead atoms. The minimum atomic E-state index is -4.81. The smallest absolute Gasteiger partial charge is 0.460 e. The number of carbonyl (C=O) groups excluding carboxylic acids is 1. The van der Waals surface area contributed by atoms with Crippen LogP contribution in [0.15, 0.2) is 12.2 Å². The lowest BCUT2D eigenvalue weighted by molar-refractivity contribution is -0.331. The maximum atomic E-state index is 11.5. The molecular weight excluding hydrogens is 217 g/mol. The summed E-state index contributed by atoms with van der Waals surface area (Å²) in [6.07, 6.45) is -6.32. The number of alkyl halides is 3. The largest absolute Gasteiger partial charge is 0.522 e. The summed E-state index contributed by atoms with van der Waals surface area (Å²) in [5, 5.41) is 8.91. The number of aliphatic hydroxyl groups is 1. The van der Waals surface area contributed by atoms with Gasteiger partial charge in [0.25, 0.3) is 0 Å². The molecule has 7 heteroatoms. The molecule has 1 unspecified atom stereocenters. The summed E-state index contributed by atoms with van der Waals surface area (Å²) in [5.41, 5.74) is 0.0962. The summed E-state index contributed by atoms with van der Waals surface area (Å²) in [6.45, 7) is 3.08. The summed E-state index contributed by atoms with van der Waals surface area (Å²) >= 11 is 0. The Morgan fingerprint density at radius 2 is 2.00 bits per heavy atom. The van der Waals surface area contributed by atoms with Crippen molar-refractivity contribution >= 4 is 5.97 Å². The molecule has 0 aliphatic carbocycles. The van der Waals surface area contributed by atoms with Crippen LogP contribution < -0.4 is 0 Å². The Bertz CT molecular complexity index is 237. The zero-order chi connectivity index (χ0) is 12.1. The summed E-state index contributed by atoms with van der Waals surface area (Å²) in [7, 11) is 0. The van der Waals surface area contributed by atoms with E-state index < -0.39 is 31.6 Å². The molecule has 0 amide bonds. The van der Waals surface area contributed by atoms with Gasteiger partial charge in [-0.05, 0) is 6.92 Å². The highest BCUT2D eigenvalue weighted by Gasteiger charge is 2.30. The molecule has 0 heterocycles. The zero-order valence-corrected chi connectivity index (χ0v) is 8.00. The van der Waals surface area contributed by atoms with Crippen LogP contribution in [0.4, 0.5) is 13.2 Å². The van der Waals surface area contributed by atoms with E-state index in [1.165, 1.54) is 6.92 Å². The van der Waals surface area contributed by atoms with Crippen molar-refractivity contribution in [3.63, 3.8) is 0 Å². The minimum Gasteiger partial charge on any atom is -0.460 e. The molecule has 0 aromatic heterocycles. The first-order chi connectivity index (χ1) is 6.72. The van der Waals surface area contributed by atoms with Gasteiger partial charge in [-0.15, -0.1) is 13.2 Å². The summed E-state index contributed by atoms with van der Waals surface area (Å²) < 4.78 is 42.2. The predicted molar refractivity (Wildman–Crippen MR) is 43.8 cm³/mol. The fraction of sp³-hybridized carbons (Fsp3) is 0.625. The Kier molecular flexibility index (Phi) is 5.31. The molecule has 0 saturated carbocycles. The van der Waals surface area contributed by atoms with Gasteiger partial charge in [-0.2, -0.15) is 0 Å². The van der Waals surface area contributed by atoms with E-state index in [1.807, 2.05) is 0 Å². The normalized spacial score (nSPS) is 13.4. The standard InChI is InChI=1S/C8H11F3O4/c1-5(2)7(13)14-3-6(12)4-15-8(9,10)11/h6,12H,1,3-4H2,2H3. The fourth-order valence-electron chi connectivity index (χ4n) is 0.534. The van der Waals surface area contributed by atoms with Gasteiger partial charge in [-0.1, -0.05) is 6.58 Å². The first kappa shape index (κ1) is 13.9. The van der Waals surface area contributed by atoms with E-state index in [0.29, 0.717) is 0 Å². The highest BCUT2D eigenvalue weighted by Crippen LogP contribution is 2.16. The molecule has 1 N–H and O–H groups in total. The average Bonchev–Trinajstić information content (AvgIpc) is 2.09. The summed E-state index contributed by atoms with van der Waals surface area (Å²) in [5.74, 6) is -0.777. The lowest BCUT2D eigenvalue weighted by Gasteiger charge is -2.12. The Balaban J connectivity index is 3.71. The quantitative estimate of drug-likeness (QED) is 0.563. The van der Waals surface area contributed by atoms with E-state index in [9.17, 15) is 18.0 Å². The summed E-state index contributed by atoms with van der Waals surface area (Å²) in [4.78, 5) is 10.8. The van der Waals surface area contributed by atoms with Crippen LogP contribution in [-0.4, -0.2) is 36.8 Å². The number of hydrogen-bond acceptors (Lipinski definition) is 4. The van der Waals surface area contributed by atoms with Crippen molar-refractivity contribution in [2.24, 2.45) is 0 Å². The molecule has 0 radical (unpaired) electrons. The summed E-state index contributed by atoms with van der Waals surface area (Å²) in [6, 6.07) is 0. The second-order valence-electron chi connectivity index (χ2n) is 2.79. The lowest BCUT2D eigenvalue weighted by Crippen LogP contribution is -2.27. The number of carbonyl (C=O) groups is 1. The fourth-order valence-corrected chi connectivity index (χ4v) is 0.534. The number of ether oxygens (including phenoxy) is 2. The van der Waals surface area contributed by atoms with E-state index >= 15 is 0 Å². The molecule has 88 valence electrons. The molecule has 0 fully saturated rings. The Hall–Kier alpha value is -1.08. The van der Waals surface area contributed by atoms with E-state index in [4.69, 9.17) is 5.11 Å². The molecular formula is C8H11F3O4. The monoisotopic (exact) mass is 228 g/mol. The van der Waals surface area contributed by atoms with Gasteiger partial charge >= 0.3 is 12.3 Å². The molecule has 1 atom stereocenters. The number of hydrogen-bond donors (Lipinski definition) is 1. The van der Waals surface area contributed by atoms with Crippen molar-refractivity contribution in [3.05, 3.63) is 12.2 Å². The number of halogens is 3. The van der Waals surface area contributed by atoms with Crippen molar-refractivity contribution in [1.82, 2.24) is 0 Å². The van der Waals surface area contributed by atoms with Gasteiger partial charge in [0, 0.05) is 5.57 Å². The van der Waals surface area contributed by atoms with Gasteiger partial charge in [0.15, 0.2) is 0 Å². The van der Waals surface area contributed by atoms with Crippen molar-refractivity contribution in [3.8, 4) is 0 Å². The number of esters is 1. The molecule has 0 aliphatic heterocycles. The third-order valence-electron chi connectivity index (χ3n) is 1.19. The molecule has 0 aromatic rings.